The summed E-state index contributed by atoms with van der Waals surface area (Å²) in [6.07, 6.45) is -3.41. The fraction of sp³-hybridized carbons (Fsp3) is 0.240. The monoisotopic (exact) mass is 571 g/mol. The van der Waals surface area contributed by atoms with Gasteiger partial charge in [-0.25, -0.2) is 0 Å². The highest BCUT2D eigenvalue weighted by atomic mass is 79.9. The number of aldehydes is 1. The van der Waals surface area contributed by atoms with Crippen LogP contribution in [0.15, 0.2) is 65.1 Å². The third-order valence-corrected chi connectivity index (χ3v) is 5.64. The second-order valence-corrected chi connectivity index (χ2v) is 8.56. The standard InChI is InChI=1S/C10H15N.C8H6BrF3.C7H5BrO/c1-7-4-8(2)10(6-11)9(3)5-7;9-5-6-2-1-3-7(4-6)8(10,11)12;8-7-3-1-6(5-9)2-4-7/h4-5H,6,11H2,1-3H3;1-4H,5H2;1-5H. The molecule has 0 fully saturated rings. The molecule has 3 rings (SSSR count). The number of halogens is 5. The summed E-state index contributed by atoms with van der Waals surface area (Å²) < 4.78 is 37.3. The lowest BCUT2D eigenvalue weighted by Crippen LogP contribution is -2.04. The Kier molecular flexibility index (Phi) is 11.9. The Labute approximate surface area is 204 Å². The Morgan fingerprint density at radius 2 is 1.50 bits per heavy atom. The average molecular weight is 573 g/mol. The minimum atomic E-state index is -4.24. The lowest BCUT2D eigenvalue weighted by atomic mass is 10.0. The van der Waals surface area contributed by atoms with E-state index in [-0.39, 0.29) is 0 Å². The molecule has 2 nitrogen and oxygen atoms in total. The summed E-state index contributed by atoms with van der Waals surface area (Å²) in [5, 5.41) is 0.441. The zero-order valence-electron chi connectivity index (χ0n) is 18.1. The average Bonchev–Trinajstić information content (AvgIpc) is 2.74. The Morgan fingerprint density at radius 1 is 0.938 bits per heavy atom. The molecule has 172 valence electrons. The molecule has 0 atom stereocenters. The summed E-state index contributed by atoms with van der Waals surface area (Å²) in [7, 11) is 0. The van der Waals surface area contributed by atoms with Crippen molar-refractivity contribution in [2.24, 2.45) is 5.73 Å². The topological polar surface area (TPSA) is 43.1 Å². The molecule has 0 aliphatic heterocycles. The van der Waals surface area contributed by atoms with E-state index in [2.05, 4.69) is 64.8 Å². The highest BCUT2D eigenvalue weighted by molar-refractivity contribution is 9.10. The number of carbonyl (C=O) groups excluding carboxylic acids is 1. The van der Waals surface area contributed by atoms with Crippen LogP contribution < -0.4 is 5.73 Å². The Balaban J connectivity index is 0.000000242. The van der Waals surface area contributed by atoms with E-state index in [0.717, 1.165) is 22.9 Å². The van der Waals surface area contributed by atoms with Crippen molar-refractivity contribution in [2.75, 3.05) is 0 Å². The van der Waals surface area contributed by atoms with Gasteiger partial charge in [-0.15, -0.1) is 0 Å². The van der Waals surface area contributed by atoms with Gasteiger partial charge < -0.3 is 5.73 Å². The first kappa shape index (κ1) is 28.1. The van der Waals surface area contributed by atoms with E-state index in [1.807, 2.05) is 12.1 Å². The van der Waals surface area contributed by atoms with Crippen molar-refractivity contribution in [3.8, 4) is 0 Å². The molecule has 0 saturated carbocycles. The smallest absolute Gasteiger partial charge is 0.326 e. The van der Waals surface area contributed by atoms with Crippen molar-refractivity contribution in [1.82, 2.24) is 0 Å². The Bertz CT molecular complexity index is 980. The first-order valence-electron chi connectivity index (χ1n) is 9.71. The highest BCUT2D eigenvalue weighted by Crippen LogP contribution is 2.29. The number of alkyl halides is 4. The number of hydrogen-bond acceptors (Lipinski definition) is 2. The number of benzene rings is 3. The van der Waals surface area contributed by atoms with Crippen LogP contribution >= 0.6 is 31.9 Å². The van der Waals surface area contributed by atoms with Crippen molar-refractivity contribution in [2.45, 2.75) is 38.8 Å². The minimum absolute atomic E-state index is 0.441. The van der Waals surface area contributed by atoms with Crippen molar-refractivity contribution >= 4 is 38.1 Å². The molecular weight excluding hydrogens is 547 g/mol. The summed E-state index contributed by atoms with van der Waals surface area (Å²) in [5.74, 6) is 0. The van der Waals surface area contributed by atoms with Gasteiger partial charge in [-0.3, -0.25) is 4.79 Å². The number of hydrogen-bond donors (Lipinski definition) is 1. The van der Waals surface area contributed by atoms with Crippen molar-refractivity contribution < 1.29 is 18.0 Å². The Morgan fingerprint density at radius 3 is 1.94 bits per heavy atom. The molecule has 32 heavy (non-hydrogen) atoms. The van der Waals surface area contributed by atoms with E-state index in [4.69, 9.17) is 5.73 Å². The molecule has 2 N–H and O–H groups in total. The SMILES string of the molecule is Cc1cc(C)c(CN)c(C)c1.FC(F)(F)c1cccc(CBr)c1.O=Cc1ccc(Br)cc1. The van der Waals surface area contributed by atoms with E-state index >= 15 is 0 Å². The van der Waals surface area contributed by atoms with Crippen LogP contribution in [0.2, 0.25) is 0 Å². The first-order chi connectivity index (χ1) is 15.0. The van der Waals surface area contributed by atoms with Crippen LogP contribution in [-0.4, -0.2) is 6.29 Å². The van der Waals surface area contributed by atoms with E-state index in [1.54, 1.807) is 18.2 Å². The zero-order chi connectivity index (χ0) is 24.3. The molecule has 0 amide bonds. The van der Waals surface area contributed by atoms with Crippen molar-refractivity contribution in [1.29, 1.82) is 0 Å². The summed E-state index contributed by atoms with van der Waals surface area (Å²) in [4.78, 5) is 10.1. The van der Waals surface area contributed by atoms with Crippen molar-refractivity contribution in [3.05, 3.63) is 104 Å². The Hall–Kier alpha value is -1.96. The summed E-state index contributed by atoms with van der Waals surface area (Å²) in [5.41, 5.74) is 11.6. The van der Waals surface area contributed by atoms with Gasteiger partial charge in [0, 0.05) is 21.9 Å². The molecule has 0 aliphatic rings. The molecule has 7 heteroatoms. The maximum absolute atomic E-state index is 12.1. The van der Waals surface area contributed by atoms with Gasteiger partial charge in [0.05, 0.1) is 5.56 Å². The van der Waals surface area contributed by atoms with Crippen LogP contribution in [0.25, 0.3) is 0 Å². The van der Waals surface area contributed by atoms with Crippen LogP contribution in [0, 0.1) is 20.8 Å². The molecule has 0 bridgehead atoms. The highest BCUT2D eigenvalue weighted by Gasteiger charge is 2.30. The van der Waals surface area contributed by atoms with E-state index in [9.17, 15) is 18.0 Å². The van der Waals surface area contributed by atoms with Gasteiger partial charge in [0.25, 0.3) is 0 Å². The quantitative estimate of drug-likeness (QED) is 0.256. The molecule has 0 radical (unpaired) electrons. The molecule has 0 saturated heterocycles. The second kappa shape index (κ2) is 13.6. The zero-order valence-corrected chi connectivity index (χ0v) is 21.3. The maximum atomic E-state index is 12.1. The van der Waals surface area contributed by atoms with Crippen molar-refractivity contribution in [3.63, 3.8) is 0 Å². The van der Waals surface area contributed by atoms with Gasteiger partial charge >= 0.3 is 6.18 Å². The normalized spacial score (nSPS) is 10.4. The van der Waals surface area contributed by atoms with Gasteiger partial charge in [-0.1, -0.05) is 79.9 Å². The van der Waals surface area contributed by atoms with Gasteiger partial charge in [-0.2, -0.15) is 13.2 Å². The maximum Gasteiger partial charge on any atom is 0.416 e. The fourth-order valence-electron chi connectivity index (χ4n) is 2.90. The largest absolute Gasteiger partial charge is 0.416 e. The van der Waals surface area contributed by atoms with Crippen LogP contribution in [0.1, 0.15) is 43.7 Å². The molecule has 0 aliphatic carbocycles. The second-order valence-electron chi connectivity index (χ2n) is 7.08. The number of rotatable bonds is 3. The molecule has 0 spiro atoms. The molecule has 0 heterocycles. The minimum Gasteiger partial charge on any atom is -0.326 e. The summed E-state index contributed by atoms with van der Waals surface area (Å²) in [6, 6.07) is 16.8. The fourth-order valence-corrected chi connectivity index (χ4v) is 3.52. The lowest BCUT2D eigenvalue weighted by Gasteiger charge is -2.07. The number of nitrogens with two attached hydrogens (primary N) is 1. The summed E-state index contributed by atoms with van der Waals surface area (Å²) in [6.45, 7) is 6.99. The lowest BCUT2D eigenvalue weighted by molar-refractivity contribution is -0.137. The summed E-state index contributed by atoms with van der Waals surface area (Å²) >= 11 is 6.35. The van der Waals surface area contributed by atoms with E-state index < -0.39 is 11.7 Å². The van der Waals surface area contributed by atoms with Gasteiger partial charge in [0.1, 0.15) is 6.29 Å². The molecule has 0 aromatic heterocycles. The van der Waals surface area contributed by atoms with E-state index in [0.29, 0.717) is 23.0 Å². The van der Waals surface area contributed by atoms with Gasteiger partial charge in [-0.05, 0) is 61.2 Å². The first-order valence-corrected chi connectivity index (χ1v) is 11.6. The molecule has 0 unspecified atom stereocenters. The molecule has 3 aromatic carbocycles. The third kappa shape index (κ3) is 9.67. The van der Waals surface area contributed by atoms with Crippen LogP contribution in [0.5, 0.6) is 0 Å². The van der Waals surface area contributed by atoms with Gasteiger partial charge in [0.15, 0.2) is 0 Å². The molecule has 3 aromatic rings. The number of carbonyl (C=O) groups is 1. The molecular formula is C25H26Br2F3NO. The van der Waals surface area contributed by atoms with E-state index in [1.165, 1.54) is 28.3 Å². The number of aryl methyl sites for hydroxylation is 3. The van der Waals surface area contributed by atoms with Crippen LogP contribution in [0.4, 0.5) is 13.2 Å². The van der Waals surface area contributed by atoms with Gasteiger partial charge in [0.2, 0.25) is 0 Å². The third-order valence-electron chi connectivity index (χ3n) is 4.46. The predicted octanol–water partition coefficient (Wildman–Crippen LogP) is 7.93. The van der Waals surface area contributed by atoms with Crippen LogP contribution in [-0.2, 0) is 18.1 Å². The predicted molar refractivity (Wildman–Crippen MR) is 132 cm³/mol. The van der Waals surface area contributed by atoms with Crippen LogP contribution in [0.3, 0.4) is 0 Å².